The van der Waals surface area contributed by atoms with Gasteiger partial charge in [-0.1, -0.05) is 11.3 Å². The Balaban J connectivity index is 1.05. The molecule has 1 saturated carbocycles. The summed E-state index contributed by atoms with van der Waals surface area (Å²) in [5, 5.41) is 16.3. The van der Waals surface area contributed by atoms with E-state index in [2.05, 4.69) is 58.4 Å². The first-order chi connectivity index (χ1) is 18.6. The Kier molecular flexibility index (Phi) is 6.91. The molecular weight excluding hydrogens is 512 g/mol. The Bertz CT molecular complexity index is 1370. The number of rotatable bonds is 10. The second kappa shape index (κ2) is 10.2. The van der Waals surface area contributed by atoms with Crippen LogP contribution in [-0.4, -0.2) is 79.9 Å². The molecule has 0 spiro atoms. The molecule has 0 bridgehead atoms. The zero-order valence-electron chi connectivity index (χ0n) is 23.7. The van der Waals surface area contributed by atoms with E-state index in [-0.39, 0.29) is 11.9 Å². The van der Waals surface area contributed by atoms with Gasteiger partial charge in [-0.05, 0) is 80.9 Å². The van der Waals surface area contributed by atoms with Gasteiger partial charge in [0, 0.05) is 30.2 Å². The van der Waals surface area contributed by atoms with Crippen LogP contribution in [-0.2, 0) is 24.4 Å². The first-order valence-corrected chi connectivity index (χ1v) is 16.9. The van der Waals surface area contributed by atoms with Gasteiger partial charge in [-0.3, -0.25) is 4.79 Å². The molecular formula is C28H40N8O2S. The van der Waals surface area contributed by atoms with E-state index in [1.165, 1.54) is 12.0 Å². The normalized spacial score (nSPS) is 22.2. The third kappa shape index (κ3) is 5.70. The summed E-state index contributed by atoms with van der Waals surface area (Å²) < 4.78 is 9.53. The van der Waals surface area contributed by atoms with Crippen LogP contribution < -0.4 is 10.2 Å². The van der Waals surface area contributed by atoms with Gasteiger partial charge in [0.15, 0.2) is 5.69 Å². The lowest BCUT2D eigenvalue weighted by atomic mass is 10.2. The second-order valence-electron chi connectivity index (χ2n) is 12.2. The zero-order chi connectivity index (χ0) is 27.3. The van der Waals surface area contributed by atoms with Crippen LogP contribution in [0.25, 0.3) is 0 Å². The molecule has 10 nitrogen and oxygen atoms in total. The molecule has 0 aromatic carbocycles. The van der Waals surface area contributed by atoms with Gasteiger partial charge in [-0.15, -0.1) is 5.10 Å². The minimum Gasteiger partial charge on any atom is -0.358 e. The smallest absolute Gasteiger partial charge is 0.274 e. The van der Waals surface area contributed by atoms with Crippen molar-refractivity contribution >= 4 is 21.8 Å². The number of ether oxygens (including phenoxy) is 1. The largest absolute Gasteiger partial charge is 0.358 e. The summed E-state index contributed by atoms with van der Waals surface area (Å²) in [5.74, 6) is 3.66. The summed E-state index contributed by atoms with van der Waals surface area (Å²) in [4.78, 5) is 20.3. The average molecular weight is 553 g/mol. The maximum absolute atomic E-state index is 13.1. The first-order valence-electron chi connectivity index (χ1n) is 13.9. The third-order valence-corrected chi connectivity index (χ3v) is 9.71. The minimum atomic E-state index is -0.577. The van der Waals surface area contributed by atoms with Crippen molar-refractivity contribution in [3.8, 4) is 0 Å². The van der Waals surface area contributed by atoms with Gasteiger partial charge >= 0.3 is 0 Å². The molecule has 3 aromatic rings. The lowest BCUT2D eigenvalue weighted by Gasteiger charge is -2.24. The Hall–Kier alpha value is -2.92. The summed E-state index contributed by atoms with van der Waals surface area (Å²) in [7, 11) is -0.577. The number of aromatic nitrogens is 6. The molecule has 0 radical (unpaired) electrons. The molecule has 3 atom stereocenters. The van der Waals surface area contributed by atoms with E-state index in [0.717, 1.165) is 78.6 Å². The second-order valence-corrected chi connectivity index (χ2v) is 16.8. The van der Waals surface area contributed by atoms with Crippen LogP contribution in [0.15, 0.2) is 18.3 Å². The molecule has 1 N–H and O–H groups in total. The van der Waals surface area contributed by atoms with Crippen molar-refractivity contribution in [1.82, 2.24) is 35.1 Å². The number of carbonyl (C=O) groups is 1. The number of piperidine rings is 1. The van der Waals surface area contributed by atoms with E-state index in [0.29, 0.717) is 19.0 Å². The van der Waals surface area contributed by atoms with Gasteiger partial charge in [-0.25, -0.2) is 24.4 Å². The zero-order valence-corrected chi connectivity index (χ0v) is 24.5. The van der Waals surface area contributed by atoms with Crippen LogP contribution in [0, 0.1) is 25.7 Å². The Morgan fingerprint density at radius 3 is 2.72 bits per heavy atom. The summed E-state index contributed by atoms with van der Waals surface area (Å²) in [6.45, 7) is 8.08. The van der Waals surface area contributed by atoms with E-state index in [4.69, 9.17) is 14.8 Å². The summed E-state index contributed by atoms with van der Waals surface area (Å²) in [6.07, 6.45) is 11.7. The molecule has 6 rings (SSSR count). The van der Waals surface area contributed by atoms with E-state index >= 15 is 0 Å². The van der Waals surface area contributed by atoms with E-state index < -0.39 is 10.0 Å². The van der Waals surface area contributed by atoms with Crippen LogP contribution in [0.1, 0.15) is 57.6 Å². The molecule has 2 unspecified atom stereocenters. The van der Waals surface area contributed by atoms with Crippen molar-refractivity contribution < 1.29 is 9.53 Å². The van der Waals surface area contributed by atoms with E-state index in [1.807, 2.05) is 11.6 Å². The average Bonchev–Trinajstić information content (AvgIpc) is 3.30. The molecule has 2 fully saturated rings. The molecule has 3 aliphatic rings. The van der Waals surface area contributed by atoms with Crippen LogP contribution in [0.3, 0.4) is 0 Å². The summed E-state index contributed by atoms with van der Waals surface area (Å²) in [6, 6.07) is 4.09. The standard InChI is InChI=1S/C28H40N8O2S/c1-18-20(6-9-26(29-18)34-13-21-12-22(21)14-34)15-35-16-25(31-33-35)28(37)30-24-8-7-23-19(2)36(32-27(23)24)17-38-10-11-39(3,4)5/h6,9,16,21-22,24H,7-8,10-15,17H2,1-5H3,(H,30,37)/t21?,22?,24-/m1/s1. The lowest BCUT2D eigenvalue weighted by molar-refractivity contribution is 0.0786. The van der Waals surface area contributed by atoms with Gasteiger partial charge < -0.3 is 15.0 Å². The Labute approximate surface area is 231 Å². The predicted molar refractivity (Wildman–Crippen MR) is 154 cm³/mol. The van der Waals surface area contributed by atoms with Crippen LogP contribution >= 0.6 is 10.0 Å². The quantitative estimate of drug-likeness (QED) is 0.386. The minimum absolute atomic E-state index is 0.132. The van der Waals surface area contributed by atoms with Gasteiger partial charge in [0.1, 0.15) is 12.5 Å². The highest BCUT2D eigenvalue weighted by Crippen LogP contribution is 2.46. The fourth-order valence-electron chi connectivity index (χ4n) is 5.74. The number of hydrogen-bond acceptors (Lipinski definition) is 7. The number of aryl methyl sites for hydroxylation is 1. The van der Waals surface area contributed by atoms with Crippen molar-refractivity contribution in [3.05, 3.63) is 52.2 Å². The highest BCUT2D eigenvalue weighted by molar-refractivity contribution is 8.32. The number of hydrogen-bond donors (Lipinski definition) is 1. The predicted octanol–water partition coefficient (Wildman–Crippen LogP) is 3.08. The molecule has 210 valence electrons. The number of carbonyl (C=O) groups excluding carboxylic acids is 1. The van der Waals surface area contributed by atoms with Crippen molar-refractivity contribution in [2.24, 2.45) is 11.8 Å². The Morgan fingerprint density at radius 1 is 1.18 bits per heavy atom. The maximum Gasteiger partial charge on any atom is 0.274 e. The van der Waals surface area contributed by atoms with Crippen molar-refractivity contribution in [3.63, 3.8) is 0 Å². The number of nitrogens with zero attached hydrogens (tertiary/aromatic N) is 7. The maximum atomic E-state index is 13.1. The fraction of sp³-hybridized carbons (Fsp3) is 0.607. The van der Waals surface area contributed by atoms with Crippen LogP contribution in [0.5, 0.6) is 0 Å². The van der Waals surface area contributed by atoms with Crippen molar-refractivity contribution in [2.75, 3.05) is 49.1 Å². The van der Waals surface area contributed by atoms with Gasteiger partial charge in [0.25, 0.3) is 5.91 Å². The SMILES string of the molecule is Cc1nc(N2CC3CC3C2)ccc1Cn1cc(C(=O)N[C@@H]2CCc3c2nn(COCCS(C)(C)C)c3C)nn1. The third-order valence-electron chi connectivity index (χ3n) is 8.32. The monoisotopic (exact) mass is 552 g/mol. The van der Waals surface area contributed by atoms with E-state index in [9.17, 15) is 4.79 Å². The van der Waals surface area contributed by atoms with Gasteiger partial charge in [-0.2, -0.15) is 5.10 Å². The summed E-state index contributed by atoms with van der Waals surface area (Å²) >= 11 is 0. The number of anilines is 1. The number of amides is 1. The fourth-order valence-corrected chi connectivity index (χ4v) is 6.36. The molecule has 4 heterocycles. The van der Waals surface area contributed by atoms with Gasteiger partial charge in [0.2, 0.25) is 0 Å². The lowest BCUT2D eigenvalue weighted by Crippen LogP contribution is -2.28. The molecule has 3 aromatic heterocycles. The molecule has 39 heavy (non-hydrogen) atoms. The van der Waals surface area contributed by atoms with Gasteiger partial charge in [0.05, 0.1) is 31.1 Å². The molecule has 11 heteroatoms. The van der Waals surface area contributed by atoms with Crippen molar-refractivity contribution in [1.29, 1.82) is 0 Å². The topological polar surface area (TPSA) is 103 Å². The summed E-state index contributed by atoms with van der Waals surface area (Å²) in [5.41, 5.74) is 5.65. The van der Waals surface area contributed by atoms with Crippen molar-refractivity contribution in [2.45, 2.75) is 52.4 Å². The molecule has 1 aliphatic heterocycles. The van der Waals surface area contributed by atoms with Crippen LogP contribution in [0.4, 0.5) is 5.82 Å². The molecule has 2 aliphatic carbocycles. The number of fused-ring (bicyclic) bond motifs is 2. The molecule has 1 amide bonds. The van der Waals surface area contributed by atoms with Crippen LogP contribution in [0.2, 0.25) is 0 Å². The first kappa shape index (κ1) is 26.3. The number of pyridine rings is 1. The highest BCUT2D eigenvalue weighted by Gasteiger charge is 2.45. The Morgan fingerprint density at radius 2 is 1.97 bits per heavy atom. The highest BCUT2D eigenvalue weighted by atomic mass is 32.3. The van der Waals surface area contributed by atoms with E-state index in [1.54, 1.807) is 10.9 Å². The molecule has 1 saturated heterocycles. The number of nitrogens with one attached hydrogen (secondary N) is 1.